The van der Waals surface area contributed by atoms with E-state index in [1.165, 1.54) is 4.90 Å². The topological polar surface area (TPSA) is 95.6 Å². The Morgan fingerprint density at radius 3 is 2.34 bits per heavy atom. The number of halogens is 1. The number of Topliss-reactive ketones (excluding diaryl/α,β-unsaturated/α-hetero) is 1. The number of carbonyl (C=O) groups is 4. The second-order valence-electron chi connectivity index (χ2n) is 7.09. The molecule has 8 heteroatoms. The molecule has 148 valence electrons. The van der Waals surface area contributed by atoms with Gasteiger partial charge < -0.3 is 15.5 Å². The second-order valence-corrected chi connectivity index (χ2v) is 7.36. The summed E-state index contributed by atoms with van der Waals surface area (Å²) in [6.07, 6.45) is 1.77. The minimum Gasteiger partial charge on any atom is -0.326 e. The van der Waals surface area contributed by atoms with Crippen LogP contribution in [0.25, 0.3) is 0 Å². The molecular weight excluding hydrogens is 394 g/mol. The van der Waals surface area contributed by atoms with Crippen LogP contribution in [-0.4, -0.2) is 29.4 Å². The van der Waals surface area contributed by atoms with Gasteiger partial charge in [-0.3, -0.25) is 19.2 Å². The van der Waals surface area contributed by atoms with E-state index in [0.717, 1.165) is 18.4 Å². The molecule has 0 atom stereocenters. The van der Waals surface area contributed by atoms with Crippen LogP contribution in [-0.2, 0) is 20.9 Å². The number of hydrogen-bond donors (Lipinski definition) is 2. The van der Waals surface area contributed by atoms with Crippen LogP contribution in [0.5, 0.6) is 0 Å². The van der Waals surface area contributed by atoms with Gasteiger partial charge in [0.2, 0.25) is 11.8 Å². The normalized spacial score (nSPS) is 15.3. The Morgan fingerprint density at radius 1 is 1.00 bits per heavy atom. The van der Waals surface area contributed by atoms with Gasteiger partial charge in [0.1, 0.15) is 5.88 Å². The van der Waals surface area contributed by atoms with Crippen LogP contribution < -0.4 is 15.5 Å². The fourth-order valence-electron chi connectivity index (χ4n) is 3.20. The van der Waals surface area contributed by atoms with E-state index in [0.29, 0.717) is 17.1 Å². The van der Waals surface area contributed by atoms with E-state index in [9.17, 15) is 19.2 Å². The number of fused-ring (bicyclic) bond motifs is 1. The number of rotatable bonds is 6. The summed E-state index contributed by atoms with van der Waals surface area (Å²) in [5, 5.41) is 5.43. The van der Waals surface area contributed by atoms with Crippen LogP contribution in [0.2, 0.25) is 0 Å². The van der Waals surface area contributed by atoms with Crippen molar-refractivity contribution in [3.05, 3.63) is 53.6 Å². The van der Waals surface area contributed by atoms with Crippen molar-refractivity contribution < 1.29 is 19.2 Å². The minimum atomic E-state index is -0.606. The molecule has 1 saturated carbocycles. The maximum atomic E-state index is 12.5. The molecule has 2 aliphatic rings. The van der Waals surface area contributed by atoms with Crippen molar-refractivity contribution in [1.82, 2.24) is 0 Å². The zero-order chi connectivity index (χ0) is 20.5. The molecule has 0 unspecified atom stereocenters. The van der Waals surface area contributed by atoms with Gasteiger partial charge in [-0.1, -0.05) is 12.1 Å². The molecule has 1 heterocycles. The van der Waals surface area contributed by atoms with Gasteiger partial charge in [0.15, 0.2) is 0 Å². The highest BCUT2D eigenvalue weighted by Gasteiger charge is 2.36. The van der Waals surface area contributed by atoms with Crippen LogP contribution in [0.3, 0.4) is 0 Å². The van der Waals surface area contributed by atoms with E-state index in [1.807, 2.05) is 0 Å². The summed E-state index contributed by atoms with van der Waals surface area (Å²) in [7, 11) is 0. The number of amides is 3. The van der Waals surface area contributed by atoms with Gasteiger partial charge >= 0.3 is 0 Å². The quantitative estimate of drug-likeness (QED) is 0.564. The fourth-order valence-corrected chi connectivity index (χ4v) is 3.26. The van der Waals surface area contributed by atoms with Crippen molar-refractivity contribution in [2.24, 2.45) is 5.92 Å². The lowest BCUT2D eigenvalue weighted by Crippen LogP contribution is -2.29. The second kappa shape index (κ2) is 7.67. The summed E-state index contributed by atoms with van der Waals surface area (Å²) in [4.78, 5) is 49.6. The first kappa shape index (κ1) is 19.1. The standard InChI is InChI=1S/C21H18ClN3O4/c22-10-18(26)23-14-5-1-12(2-6-14)11-25-17-8-7-15(24-20(28)13-3-4-13)9-16(17)19(27)21(25)29/h1-2,5-9,13H,3-4,10-11H2,(H,23,26)(H,24,28). The molecular formula is C21H18ClN3O4. The maximum absolute atomic E-state index is 12.5. The first-order chi connectivity index (χ1) is 14.0. The van der Waals surface area contributed by atoms with Crippen molar-refractivity contribution in [2.45, 2.75) is 19.4 Å². The lowest BCUT2D eigenvalue weighted by molar-refractivity contribution is -0.117. The first-order valence-corrected chi connectivity index (χ1v) is 9.75. The molecule has 1 fully saturated rings. The number of nitrogens with zero attached hydrogens (tertiary/aromatic N) is 1. The number of hydrogen-bond acceptors (Lipinski definition) is 4. The zero-order valence-corrected chi connectivity index (χ0v) is 16.2. The average molecular weight is 412 g/mol. The molecule has 1 aliphatic heterocycles. The van der Waals surface area contributed by atoms with Crippen molar-refractivity contribution in [2.75, 3.05) is 21.4 Å². The maximum Gasteiger partial charge on any atom is 0.299 e. The minimum absolute atomic E-state index is 0.0503. The lowest BCUT2D eigenvalue weighted by Gasteiger charge is -2.17. The Morgan fingerprint density at radius 2 is 1.69 bits per heavy atom. The number of carbonyl (C=O) groups excluding carboxylic acids is 4. The van der Waals surface area contributed by atoms with Crippen molar-refractivity contribution in [1.29, 1.82) is 0 Å². The van der Waals surface area contributed by atoms with Crippen LogP contribution >= 0.6 is 11.6 Å². The van der Waals surface area contributed by atoms with Crippen LogP contribution in [0, 0.1) is 5.92 Å². The van der Waals surface area contributed by atoms with Crippen molar-refractivity contribution in [3.8, 4) is 0 Å². The van der Waals surface area contributed by atoms with Crippen molar-refractivity contribution >= 4 is 52.2 Å². The molecule has 4 rings (SSSR count). The third-order valence-corrected chi connectivity index (χ3v) is 5.13. The van der Waals surface area contributed by atoms with Gasteiger partial charge in [-0.2, -0.15) is 0 Å². The first-order valence-electron chi connectivity index (χ1n) is 9.22. The number of alkyl halides is 1. The largest absolute Gasteiger partial charge is 0.326 e. The van der Waals surface area contributed by atoms with Gasteiger partial charge in [0, 0.05) is 17.3 Å². The molecule has 0 aromatic heterocycles. The molecule has 0 radical (unpaired) electrons. The van der Waals surface area contributed by atoms with Crippen LogP contribution in [0.4, 0.5) is 17.1 Å². The molecule has 2 aromatic rings. The van der Waals surface area contributed by atoms with E-state index in [4.69, 9.17) is 11.6 Å². The predicted octanol–water partition coefficient (Wildman–Crippen LogP) is 2.94. The molecule has 3 amide bonds. The van der Waals surface area contributed by atoms with E-state index < -0.39 is 11.7 Å². The lowest BCUT2D eigenvalue weighted by atomic mass is 10.1. The highest BCUT2D eigenvalue weighted by atomic mass is 35.5. The highest BCUT2D eigenvalue weighted by Crippen LogP contribution is 2.34. The Hall–Kier alpha value is -3.19. The summed E-state index contributed by atoms with van der Waals surface area (Å²) in [6, 6.07) is 11.9. The molecule has 0 bridgehead atoms. The predicted molar refractivity (Wildman–Crippen MR) is 109 cm³/mol. The van der Waals surface area contributed by atoms with Gasteiger partial charge in [0.25, 0.3) is 11.7 Å². The number of nitrogens with one attached hydrogen (secondary N) is 2. The Bertz CT molecular complexity index is 1020. The molecule has 2 N–H and O–H groups in total. The smallest absolute Gasteiger partial charge is 0.299 e. The zero-order valence-electron chi connectivity index (χ0n) is 15.4. The van der Waals surface area contributed by atoms with Gasteiger partial charge in [-0.05, 0) is 48.7 Å². The number of ketones is 1. The third-order valence-electron chi connectivity index (χ3n) is 4.89. The van der Waals surface area contributed by atoms with E-state index in [1.54, 1.807) is 42.5 Å². The molecule has 7 nitrogen and oxygen atoms in total. The fraction of sp³-hybridized carbons (Fsp3) is 0.238. The monoisotopic (exact) mass is 411 g/mol. The summed E-state index contributed by atoms with van der Waals surface area (Å²) in [5.41, 5.74) is 2.72. The van der Waals surface area contributed by atoms with Gasteiger partial charge in [-0.25, -0.2) is 0 Å². The van der Waals surface area contributed by atoms with Crippen LogP contribution in [0.15, 0.2) is 42.5 Å². The summed E-state index contributed by atoms with van der Waals surface area (Å²) < 4.78 is 0. The summed E-state index contributed by atoms with van der Waals surface area (Å²) in [5.74, 6) is -1.64. The van der Waals surface area contributed by atoms with Crippen molar-refractivity contribution in [3.63, 3.8) is 0 Å². The van der Waals surface area contributed by atoms with E-state index in [-0.39, 0.29) is 35.7 Å². The van der Waals surface area contributed by atoms with E-state index in [2.05, 4.69) is 10.6 Å². The molecule has 29 heavy (non-hydrogen) atoms. The molecule has 1 aliphatic carbocycles. The van der Waals surface area contributed by atoms with Gasteiger partial charge in [0.05, 0.1) is 17.8 Å². The average Bonchev–Trinajstić information content (AvgIpc) is 3.54. The summed E-state index contributed by atoms with van der Waals surface area (Å²) >= 11 is 5.47. The highest BCUT2D eigenvalue weighted by molar-refractivity contribution is 6.52. The third kappa shape index (κ3) is 4.00. The summed E-state index contributed by atoms with van der Waals surface area (Å²) in [6.45, 7) is 0.217. The van der Waals surface area contributed by atoms with E-state index >= 15 is 0 Å². The number of benzene rings is 2. The van der Waals surface area contributed by atoms with Crippen LogP contribution in [0.1, 0.15) is 28.8 Å². The Labute approximate surface area is 172 Å². The Balaban J connectivity index is 1.50. The molecule has 2 aromatic carbocycles. The molecule has 0 saturated heterocycles. The number of anilines is 3. The molecule has 0 spiro atoms. The Kier molecular flexibility index (Phi) is 5.07. The van der Waals surface area contributed by atoms with Gasteiger partial charge in [-0.15, -0.1) is 11.6 Å². The SMILES string of the molecule is O=C(CCl)Nc1ccc(CN2C(=O)C(=O)c3cc(NC(=O)C4CC4)ccc32)cc1.